The van der Waals surface area contributed by atoms with E-state index in [0.717, 1.165) is 11.0 Å². The van der Waals surface area contributed by atoms with Crippen LogP contribution in [0.3, 0.4) is 0 Å². The highest BCUT2D eigenvalue weighted by molar-refractivity contribution is 6.18. The van der Waals surface area contributed by atoms with Crippen LogP contribution in [0.2, 0.25) is 0 Å². The van der Waals surface area contributed by atoms with Gasteiger partial charge in [-0.15, -0.1) is 0 Å². The van der Waals surface area contributed by atoms with E-state index in [1.54, 1.807) is 0 Å². The topological polar surface area (TPSA) is 96.0 Å². The molecule has 2 aliphatic heterocycles. The molecular weight excluding hydrogens is 278 g/mol. The van der Waals surface area contributed by atoms with Crippen LogP contribution in [0.4, 0.5) is 0 Å². The van der Waals surface area contributed by atoms with Crippen molar-refractivity contribution in [1.82, 2.24) is 15.1 Å². The number of hydrogen-bond acceptors (Lipinski definition) is 6. The monoisotopic (exact) mass is 295 g/mol. The molecule has 0 radical (unpaired) electrons. The van der Waals surface area contributed by atoms with E-state index in [1.165, 1.54) is 0 Å². The van der Waals surface area contributed by atoms with Gasteiger partial charge in [0.25, 0.3) is 11.8 Å². The quantitative estimate of drug-likeness (QED) is 0.628. The van der Waals surface area contributed by atoms with Gasteiger partial charge in [0.05, 0.1) is 6.08 Å². The first kappa shape index (κ1) is 15.2. The van der Waals surface area contributed by atoms with E-state index in [-0.39, 0.29) is 25.2 Å². The Balaban J connectivity index is 2.01. The van der Waals surface area contributed by atoms with Gasteiger partial charge in [0, 0.05) is 13.0 Å². The summed E-state index contributed by atoms with van der Waals surface area (Å²) in [6, 6.07) is -0.950. The SMILES string of the molecule is CN(C)CCOC1=CC(=O)N(C2CCC(=O)NC2=O)C1=O. The third kappa shape index (κ3) is 3.27. The van der Waals surface area contributed by atoms with E-state index in [0.29, 0.717) is 6.54 Å². The minimum absolute atomic E-state index is 0.0634. The number of carbonyl (C=O) groups is 4. The van der Waals surface area contributed by atoms with Crippen LogP contribution in [-0.2, 0) is 23.9 Å². The van der Waals surface area contributed by atoms with Gasteiger partial charge in [0.2, 0.25) is 11.8 Å². The van der Waals surface area contributed by atoms with Gasteiger partial charge >= 0.3 is 0 Å². The summed E-state index contributed by atoms with van der Waals surface area (Å²) in [7, 11) is 3.71. The van der Waals surface area contributed by atoms with E-state index < -0.39 is 29.7 Å². The Kier molecular flexibility index (Phi) is 4.37. The molecule has 1 N–H and O–H groups in total. The molecule has 2 aliphatic rings. The number of hydrogen-bond donors (Lipinski definition) is 1. The summed E-state index contributed by atoms with van der Waals surface area (Å²) in [5.41, 5.74) is 0. The summed E-state index contributed by atoms with van der Waals surface area (Å²) < 4.78 is 5.28. The van der Waals surface area contributed by atoms with Crippen LogP contribution in [0.25, 0.3) is 0 Å². The van der Waals surface area contributed by atoms with E-state index in [4.69, 9.17) is 4.74 Å². The molecule has 0 aromatic carbocycles. The Labute approximate surface area is 121 Å². The van der Waals surface area contributed by atoms with Crippen LogP contribution in [0.5, 0.6) is 0 Å². The summed E-state index contributed by atoms with van der Waals surface area (Å²) in [5.74, 6) is -2.31. The standard InChI is InChI=1S/C13H17N3O5/c1-15(2)5-6-21-9-7-11(18)16(13(9)20)8-3-4-10(17)14-12(8)19/h7-8H,3-6H2,1-2H3,(H,14,17,19). The molecule has 4 amide bonds. The number of ether oxygens (including phenoxy) is 1. The third-order valence-corrected chi connectivity index (χ3v) is 3.24. The smallest absolute Gasteiger partial charge is 0.296 e. The first-order valence-corrected chi connectivity index (χ1v) is 6.60. The van der Waals surface area contributed by atoms with Crippen molar-refractivity contribution in [3.05, 3.63) is 11.8 Å². The number of piperidine rings is 1. The molecule has 8 heteroatoms. The average Bonchev–Trinajstić information content (AvgIpc) is 2.65. The number of carbonyl (C=O) groups excluding carboxylic acids is 4. The fraction of sp³-hybridized carbons (Fsp3) is 0.538. The number of imide groups is 2. The number of nitrogens with zero attached hydrogens (tertiary/aromatic N) is 2. The number of rotatable bonds is 5. The Morgan fingerprint density at radius 2 is 2.05 bits per heavy atom. The molecule has 114 valence electrons. The lowest BCUT2D eigenvalue weighted by Crippen LogP contribution is -2.54. The summed E-state index contributed by atoms with van der Waals surface area (Å²) in [4.78, 5) is 49.6. The van der Waals surface area contributed by atoms with Crippen LogP contribution in [0.15, 0.2) is 11.8 Å². The Morgan fingerprint density at radius 1 is 1.33 bits per heavy atom. The number of likely N-dealkylation sites (N-methyl/N-ethyl adjacent to an activating group) is 1. The molecule has 2 heterocycles. The van der Waals surface area contributed by atoms with E-state index >= 15 is 0 Å². The second kappa shape index (κ2) is 6.04. The second-order valence-corrected chi connectivity index (χ2v) is 5.14. The predicted molar refractivity (Wildman–Crippen MR) is 70.6 cm³/mol. The zero-order chi connectivity index (χ0) is 15.6. The van der Waals surface area contributed by atoms with Crippen LogP contribution >= 0.6 is 0 Å². The van der Waals surface area contributed by atoms with E-state index in [2.05, 4.69) is 5.32 Å². The van der Waals surface area contributed by atoms with Crippen molar-refractivity contribution in [2.24, 2.45) is 0 Å². The van der Waals surface area contributed by atoms with Gasteiger partial charge in [-0.2, -0.15) is 0 Å². The van der Waals surface area contributed by atoms with Gasteiger partial charge in [-0.25, -0.2) is 0 Å². The normalized spacial score (nSPS) is 22.7. The maximum atomic E-state index is 12.2. The van der Waals surface area contributed by atoms with Crippen LogP contribution < -0.4 is 5.32 Å². The molecule has 0 aromatic heterocycles. The second-order valence-electron chi connectivity index (χ2n) is 5.14. The first-order chi connectivity index (χ1) is 9.90. The minimum Gasteiger partial charge on any atom is -0.486 e. The number of nitrogens with one attached hydrogen (secondary N) is 1. The molecule has 2 rings (SSSR count). The lowest BCUT2D eigenvalue weighted by Gasteiger charge is -2.28. The highest BCUT2D eigenvalue weighted by Gasteiger charge is 2.42. The van der Waals surface area contributed by atoms with Gasteiger partial charge in [0.1, 0.15) is 12.6 Å². The average molecular weight is 295 g/mol. The summed E-state index contributed by atoms with van der Waals surface area (Å²) in [6.07, 6.45) is 1.33. The van der Waals surface area contributed by atoms with Gasteiger partial charge in [-0.3, -0.25) is 29.4 Å². The van der Waals surface area contributed by atoms with Crippen molar-refractivity contribution in [2.45, 2.75) is 18.9 Å². The zero-order valence-corrected chi connectivity index (χ0v) is 11.9. The van der Waals surface area contributed by atoms with Crippen molar-refractivity contribution in [3.8, 4) is 0 Å². The molecule has 1 fully saturated rings. The molecule has 1 atom stereocenters. The summed E-state index contributed by atoms with van der Waals surface area (Å²) >= 11 is 0. The van der Waals surface area contributed by atoms with Gasteiger partial charge in [-0.1, -0.05) is 0 Å². The summed E-state index contributed by atoms with van der Waals surface area (Å²) in [6.45, 7) is 0.859. The summed E-state index contributed by atoms with van der Waals surface area (Å²) in [5, 5.41) is 2.13. The van der Waals surface area contributed by atoms with Crippen LogP contribution in [0.1, 0.15) is 12.8 Å². The van der Waals surface area contributed by atoms with Gasteiger partial charge < -0.3 is 9.64 Å². The third-order valence-electron chi connectivity index (χ3n) is 3.24. The van der Waals surface area contributed by atoms with E-state index in [9.17, 15) is 19.2 Å². The fourth-order valence-electron chi connectivity index (χ4n) is 2.13. The van der Waals surface area contributed by atoms with Crippen LogP contribution in [0, 0.1) is 0 Å². The lowest BCUT2D eigenvalue weighted by atomic mass is 10.0. The van der Waals surface area contributed by atoms with Crippen molar-refractivity contribution >= 4 is 23.6 Å². The Hall–Kier alpha value is -2.22. The largest absolute Gasteiger partial charge is 0.486 e. The van der Waals surface area contributed by atoms with Crippen molar-refractivity contribution < 1.29 is 23.9 Å². The molecular formula is C13H17N3O5. The molecule has 0 bridgehead atoms. The maximum Gasteiger partial charge on any atom is 0.296 e. The molecule has 1 saturated heterocycles. The molecule has 0 spiro atoms. The van der Waals surface area contributed by atoms with E-state index in [1.807, 2.05) is 19.0 Å². The molecule has 0 aliphatic carbocycles. The Morgan fingerprint density at radius 3 is 2.67 bits per heavy atom. The first-order valence-electron chi connectivity index (χ1n) is 6.60. The molecule has 8 nitrogen and oxygen atoms in total. The fourth-order valence-corrected chi connectivity index (χ4v) is 2.13. The predicted octanol–water partition coefficient (Wildman–Crippen LogP) is -1.38. The zero-order valence-electron chi connectivity index (χ0n) is 11.9. The van der Waals surface area contributed by atoms with Crippen molar-refractivity contribution in [3.63, 3.8) is 0 Å². The Bertz CT molecular complexity index is 526. The minimum atomic E-state index is -0.950. The molecule has 0 saturated carbocycles. The molecule has 21 heavy (non-hydrogen) atoms. The van der Waals surface area contributed by atoms with Gasteiger partial charge in [0.15, 0.2) is 5.76 Å². The van der Waals surface area contributed by atoms with Crippen LogP contribution in [-0.4, -0.2) is 66.7 Å². The van der Waals surface area contributed by atoms with Crippen molar-refractivity contribution in [1.29, 1.82) is 0 Å². The molecule has 0 aromatic rings. The van der Waals surface area contributed by atoms with Crippen molar-refractivity contribution in [2.75, 3.05) is 27.2 Å². The lowest BCUT2D eigenvalue weighted by molar-refractivity contribution is -0.150. The molecule has 1 unspecified atom stereocenters. The van der Waals surface area contributed by atoms with Gasteiger partial charge in [-0.05, 0) is 20.5 Å². The maximum absolute atomic E-state index is 12.2. The highest BCUT2D eigenvalue weighted by atomic mass is 16.5. The number of amides is 4. The highest BCUT2D eigenvalue weighted by Crippen LogP contribution is 2.21.